The summed E-state index contributed by atoms with van der Waals surface area (Å²) in [7, 11) is 0. The van der Waals surface area contributed by atoms with Gasteiger partial charge in [-0.2, -0.15) is 0 Å². The number of hydrogen-bond donors (Lipinski definition) is 1. The SMILES string of the molecule is Cc1ccc(C)c(NC(=O)[C@@H](C)N2CCN(C(=O)c3ccco3)CC2)c1. The number of piperazine rings is 1. The molecule has 1 saturated heterocycles. The second-order valence-corrected chi connectivity index (χ2v) is 6.79. The van der Waals surface area contributed by atoms with Gasteiger partial charge in [0.05, 0.1) is 12.3 Å². The molecule has 0 spiro atoms. The number of nitrogens with one attached hydrogen (secondary N) is 1. The molecule has 26 heavy (non-hydrogen) atoms. The van der Waals surface area contributed by atoms with Gasteiger partial charge in [-0.05, 0) is 50.1 Å². The predicted octanol–water partition coefficient (Wildman–Crippen LogP) is 2.68. The number of amides is 2. The molecule has 6 heteroatoms. The molecule has 1 aromatic carbocycles. The lowest BCUT2D eigenvalue weighted by molar-refractivity contribution is -0.121. The highest BCUT2D eigenvalue weighted by molar-refractivity contribution is 5.95. The van der Waals surface area contributed by atoms with Crippen molar-refractivity contribution in [1.29, 1.82) is 0 Å². The van der Waals surface area contributed by atoms with Crippen LogP contribution in [0.25, 0.3) is 0 Å². The Labute approximate surface area is 153 Å². The van der Waals surface area contributed by atoms with Crippen molar-refractivity contribution in [3.05, 3.63) is 53.5 Å². The van der Waals surface area contributed by atoms with Gasteiger partial charge in [-0.1, -0.05) is 12.1 Å². The van der Waals surface area contributed by atoms with E-state index < -0.39 is 0 Å². The fourth-order valence-corrected chi connectivity index (χ4v) is 3.14. The lowest BCUT2D eigenvalue weighted by Crippen LogP contribution is -2.54. The number of carbonyl (C=O) groups is 2. The Bertz CT molecular complexity index is 778. The van der Waals surface area contributed by atoms with E-state index in [4.69, 9.17) is 4.42 Å². The first kappa shape index (κ1) is 18.2. The zero-order chi connectivity index (χ0) is 18.7. The van der Waals surface area contributed by atoms with Gasteiger partial charge in [-0.25, -0.2) is 0 Å². The van der Waals surface area contributed by atoms with E-state index >= 15 is 0 Å². The third-order valence-electron chi connectivity index (χ3n) is 4.91. The Morgan fingerprint density at radius 2 is 1.85 bits per heavy atom. The molecule has 3 rings (SSSR count). The highest BCUT2D eigenvalue weighted by Crippen LogP contribution is 2.18. The van der Waals surface area contributed by atoms with E-state index in [0.29, 0.717) is 31.9 Å². The van der Waals surface area contributed by atoms with Crippen molar-refractivity contribution < 1.29 is 14.0 Å². The monoisotopic (exact) mass is 355 g/mol. The Hall–Kier alpha value is -2.60. The predicted molar refractivity (Wildman–Crippen MR) is 100 cm³/mol. The van der Waals surface area contributed by atoms with Crippen LogP contribution in [0.3, 0.4) is 0 Å². The average molecular weight is 355 g/mol. The van der Waals surface area contributed by atoms with Gasteiger partial charge in [0.25, 0.3) is 5.91 Å². The van der Waals surface area contributed by atoms with E-state index in [1.54, 1.807) is 17.0 Å². The van der Waals surface area contributed by atoms with Gasteiger partial charge < -0.3 is 14.6 Å². The molecule has 0 aliphatic carbocycles. The topological polar surface area (TPSA) is 65.8 Å². The summed E-state index contributed by atoms with van der Waals surface area (Å²) in [5.74, 6) is 0.241. The molecule has 1 aliphatic rings. The maximum Gasteiger partial charge on any atom is 0.289 e. The van der Waals surface area contributed by atoms with Crippen molar-refractivity contribution >= 4 is 17.5 Å². The molecule has 0 radical (unpaired) electrons. The van der Waals surface area contributed by atoms with Crippen molar-refractivity contribution in [2.45, 2.75) is 26.8 Å². The molecule has 6 nitrogen and oxygen atoms in total. The quantitative estimate of drug-likeness (QED) is 0.916. The fourth-order valence-electron chi connectivity index (χ4n) is 3.14. The number of anilines is 1. The van der Waals surface area contributed by atoms with Gasteiger partial charge in [0.2, 0.25) is 5.91 Å². The third kappa shape index (κ3) is 3.96. The van der Waals surface area contributed by atoms with Gasteiger partial charge in [-0.3, -0.25) is 14.5 Å². The molecule has 138 valence electrons. The van der Waals surface area contributed by atoms with E-state index in [1.165, 1.54) is 6.26 Å². The number of hydrogen-bond acceptors (Lipinski definition) is 4. The van der Waals surface area contributed by atoms with Crippen molar-refractivity contribution in [3.63, 3.8) is 0 Å². The zero-order valence-electron chi connectivity index (χ0n) is 15.5. The lowest BCUT2D eigenvalue weighted by atomic mass is 10.1. The smallest absolute Gasteiger partial charge is 0.289 e. The van der Waals surface area contributed by atoms with E-state index in [2.05, 4.69) is 10.2 Å². The van der Waals surface area contributed by atoms with E-state index in [-0.39, 0.29) is 17.9 Å². The van der Waals surface area contributed by atoms with E-state index in [9.17, 15) is 9.59 Å². The van der Waals surface area contributed by atoms with Gasteiger partial charge in [0.15, 0.2) is 5.76 Å². The summed E-state index contributed by atoms with van der Waals surface area (Å²) in [5.41, 5.74) is 3.02. The van der Waals surface area contributed by atoms with Gasteiger partial charge in [-0.15, -0.1) is 0 Å². The molecule has 1 atom stereocenters. The third-order valence-corrected chi connectivity index (χ3v) is 4.91. The molecule has 1 fully saturated rings. The maximum absolute atomic E-state index is 12.6. The Balaban J connectivity index is 1.56. The van der Waals surface area contributed by atoms with Crippen LogP contribution >= 0.6 is 0 Å². The van der Waals surface area contributed by atoms with Crippen molar-refractivity contribution in [2.24, 2.45) is 0 Å². The van der Waals surface area contributed by atoms with Crippen LogP contribution in [-0.2, 0) is 4.79 Å². The van der Waals surface area contributed by atoms with Gasteiger partial charge in [0, 0.05) is 31.9 Å². The summed E-state index contributed by atoms with van der Waals surface area (Å²) in [6, 6.07) is 9.16. The summed E-state index contributed by atoms with van der Waals surface area (Å²) in [5, 5.41) is 3.03. The molecule has 2 heterocycles. The Morgan fingerprint density at radius 3 is 2.50 bits per heavy atom. The Morgan fingerprint density at radius 1 is 1.12 bits per heavy atom. The maximum atomic E-state index is 12.6. The standard InChI is InChI=1S/C20H25N3O3/c1-14-6-7-15(2)17(13-14)21-19(24)16(3)22-8-10-23(11-9-22)20(25)18-5-4-12-26-18/h4-7,12-13,16H,8-11H2,1-3H3,(H,21,24)/t16-/m1/s1. The van der Waals surface area contributed by atoms with Crippen molar-refractivity contribution in [2.75, 3.05) is 31.5 Å². The molecule has 0 saturated carbocycles. The molecule has 2 amide bonds. The van der Waals surface area contributed by atoms with E-state index in [0.717, 1.165) is 16.8 Å². The first-order chi connectivity index (χ1) is 12.5. The Kier molecular flexibility index (Phi) is 5.42. The molecular weight excluding hydrogens is 330 g/mol. The molecule has 0 bridgehead atoms. The minimum atomic E-state index is -0.254. The summed E-state index contributed by atoms with van der Waals surface area (Å²) in [6.45, 7) is 8.39. The highest BCUT2D eigenvalue weighted by Gasteiger charge is 2.28. The van der Waals surface area contributed by atoms with Crippen LogP contribution in [0.15, 0.2) is 41.0 Å². The van der Waals surface area contributed by atoms with E-state index in [1.807, 2.05) is 39.0 Å². The minimum Gasteiger partial charge on any atom is -0.459 e. The molecule has 1 aromatic heterocycles. The van der Waals surface area contributed by atoms with Crippen LogP contribution in [0, 0.1) is 13.8 Å². The molecule has 2 aromatic rings. The average Bonchev–Trinajstić information content (AvgIpc) is 3.18. The van der Waals surface area contributed by atoms with Crippen molar-refractivity contribution in [1.82, 2.24) is 9.80 Å². The first-order valence-corrected chi connectivity index (χ1v) is 8.90. The number of nitrogens with zero attached hydrogens (tertiary/aromatic N) is 2. The summed E-state index contributed by atoms with van der Waals surface area (Å²) >= 11 is 0. The van der Waals surface area contributed by atoms with Crippen molar-refractivity contribution in [3.8, 4) is 0 Å². The normalized spacial score (nSPS) is 16.3. The number of benzene rings is 1. The number of rotatable bonds is 4. The summed E-state index contributed by atoms with van der Waals surface area (Å²) < 4.78 is 5.18. The fraction of sp³-hybridized carbons (Fsp3) is 0.400. The second-order valence-electron chi connectivity index (χ2n) is 6.79. The largest absolute Gasteiger partial charge is 0.459 e. The highest BCUT2D eigenvalue weighted by atomic mass is 16.3. The molecule has 0 unspecified atom stereocenters. The number of aryl methyl sites for hydroxylation is 2. The summed E-state index contributed by atoms with van der Waals surface area (Å²) in [4.78, 5) is 28.8. The van der Waals surface area contributed by atoms with Crippen LogP contribution in [0.2, 0.25) is 0 Å². The lowest BCUT2D eigenvalue weighted by Gasteiger charge is -2.37. The minimum absolute atomic E-state index is 0.0236. The number of carbonyl (C=O) groups excluding carboxylic acids is 2. The number of furan rings is 1. The van der Waals surface area contributed by atoms with Gasteiger partial charge in [0.1, 0.15) is 0 Å². The van der Waals surface area contributed by atoms with Crippen LogP contribution in [0.5, 0.6) is 0 Å². The molecule has 1 aliphatic heterocycles. The molecule has 1 N–H and O–H groups in total. The zero-order valence-corrected chi connectivity index (χ0v) is 15.5. The van der Waals surface area contributed by atoms with Gasteiger partial charge >= 0.3 is 0 Å². The van der Waals surface area contributed by atoms with Crippen LogP contribution in [0.1, 0.15) is 28.6 Å². The second kappa shape index (κ2) is 7.74. The first-order valence-electron chi connectivity index (χ1n) is 8.90. The van der Waals surface area contributed by atoms with Crippen LogP contribution in [0.4, 0.5) is 5.69 Å². The van der Waals surface area contributed by atoms with Crippen LogP contribution in [-0.4, -0.2) is 53.8 Å². The van der Waals surface area contributed by atoms with Crippen LogP contribution < -0.4 is 5.32 Å². The molecular formula is C20H25N3O3. The summed E-state index contributed by atoms with van der Waals surface area (Å²) in [6.07, 6.45) is 1.50.